The van der Waals surface area contributed by atoms with Crippen LogP contribution in [0.4, 0.5) is 0 Å². The predicted octanol–water partition coefficient (Wildman–Crippen LogP) is 2.77. The smallest absolute Gasteiger partial charge is 0.119 e. The maximum atomic E-state index is 5.49. The molecular formula is C18H26N2O. The van der Waals surface area contributed by atoms with Crippen molar-refractivity contribution in [2.75, 3.05) is 20.7 Å². The minimum absolute atomic E-state index is 0.393. The first kappa shape index (κ1) is 15.9. The second kappa shape index (κ2) is 8.07. The third-order valence-electron chi connectivity index (χ3n) is 4.26. The van der Waals surface area contributed by atoms with E-state index in [1.807, 2.05) is 12.1 Å². The maximum Gasteiger partial charge on any atom is 0.119 e. The average Bonchev–Trinajstić information content (AvgIpc) is 2.54. The summed E-state index contributed by atoms with van der Waals surface area (Å²) in [5.41, 5.74) is 7.78. The van der Waals surface area contributed by atoms with E-state index in [1.54, 1.807) is 7.11 Å². The van der Waals surface area contributed by atoms with Crippen LogP contribution in [0.5, 0.6) is 5.75 Å². The summed E-state index contributed by atoms with van der Waals surface area (Å²) in [5.74, 6) is 7.02. The molecule has 0 atom stereocenters. The predicted molar refractivity (Wildman–Crippen MR) is 87.3 cm³/mol. The van der Waals surface area contributed by atoms with Gasteiger partial charge in [0.15, 0.2) is 0 Å². The number of benzene rings is 1. The largest absolute Gasteiger partial charge is 0.497 e. The van der Waals surface area contributed by atoms with Gasteiger partial charge in [0.2, 0.25) is 0 Å². The number of rotatable bonds is 4. The molecule has 2 N–H and O–H groups in total. The Morgan fingerprint density at radius 1 is 1.29 bits per heavy atom. The number of hydrogen-bond donors (Lipinski definition) is 1. The van der Waals surface area contributed by atoms with Crippen molar-refractivity contribution >= 4 is 0 Å². The van der Waals surface area contributed by atoms with Crippen molar-refractivity contribution in [3.05, 3.63) is 29.3 Å². The minimum atomic E-state index is 0.393. The van der Waals surface area contributed by atoms with Crippen LogP contribution in [0.25, 0.3) is 0 Å². The quantitative estimate of drug-likeness (QED) is 0.865. The summed E-state index contributed by atoms with van der Waals surface area (Å²) in [7, 11) is 3.92. The standard InChI is InChI=1S/C18H26N2O/c1-20(17-8-4-3-5-9-17)14-16-13-18(21-2)11-10-15(16)7-6-12-19/h10-11,13,17H,3-5,8-9,12,14,19H2,1-2H3. The molecule has 0 heterocycles. The Hall–Kier alpha value is -1.50. The monoisotopic (exact) mass is 286 g/mol. The highest BCUT2D eigenvalue weighted by molar-refractivity contribution is 5.45. The second-order valence-corrected chi connectivity index (χ2v) is 5.74. The van der Waals surface area contributed by atoms with Gasteiger partial charge < -0.3 is 10.5 Å². The first-order valence-electron chi connectivity index (χ1n) is 7.80. The highest BCUT2D eigenvalue weighted by atomic mass is 16.5. The van der Waals surface area contributed by atoms with E-state index in [0.29, 0.717) is 12.6 Å². The highest BCUT2D eigenvalue weighted by Gasteiger charge is 2.18. The Morgan fingerprint density at radius 3 is 2.71 bits per heavy atom. The third-order valence-corrected chi connectivity index (χ3v) is 4.26. The normalized spacial score (nSPS) is 15.6. The molecule has 0 unspecified atom stereocenters. The zero-order chi connectivity index (χ0) is 15.1. The molecule has 0 saturated heterocycles. The SMILES string of the molecule is COc1ccc(C#CCN)c(CN(C)C2CCCCC2)c1. The molecule has 1 fully saturated rings. The molecule has 21 heavy (non-hydrogen) atoms. The van der Waals surface area contributed by atoms with Gasteiger partial charge in [-0.3, -0.25) is 4.90 Å². The molecule has 1 aliphatic carbocycles. The lowest BCUT2D eigenvalue weighted by atomic mass is 9.94. The lowest BCUT2D eigenvalue weighted by molar-refractivity contribution is 0.184. The van der Waals surface area contributed by atoms with Crippen LogP contribution in [0, 0.1) is 11.8 Å². The van der Waals surface area contributed by atoms with Crippen molar-refractivity contribution in [2.24, 2.45) is 5.73 Å². The van der Waals surface area contributed by atoms with Gasteiger partial charge in [-0.25, -0.2) is 0 Å². The lowest BCUT2D eigenvalue weighted by Crippen LogP contribution is -2.33. The molecule has 0 aliphatic heterocycles. The fourth-order valence-electron chi connectivity index (χ4n) is 3.02. The van der Waals surface area contributed by atoms with E-state index in [1.165, 1.54) is 37.7 Å². The Kier molecular flexibility index (Phi) is 6.10. The van der Waals surface area contributed by atoms with Gasteiger partial charge in [-0.05, 0) is 43.7 Å². The van der Waals surface area contributed by atoms with E-state index in [0.717, 1.165) is 17.9 Å². The van der Waals surface area contributed by atoms with Crippen LogP contribution in [0.15, 0.2) is 18.2 Å². The van der Waals surface area contributed by atoms with Crippen molar-refractivity contribution < 1.29 is 4.74 Å². The molecule has 0 radical (unpaired) electrons. The molecule has 0 bridgehead atoms. The average molecular weight is 286 g/mol. The van der Waals surface area contributed by atoms with Gasteiger partial charge in [-0.15, -0.1) is 0 Å². The minimum Gasteiger partial charge on any atom is -0.497 e. The zero-order valence-corrected chi connectivity index (χ0v) is 13.2. The molecule has 3 heteroatoms. The summed E-state index contributed by atoms with van der Waals surface area (Å²) in [6, 6.07) is 6.79. The summed E-state index contributed by atoms with van der Waals surface area (Å²) in [4.78, 5) is 2.46. The van der Waals surface area contributed by atoms with Crippen molar-refractivity contribution in [2.45, 2.75) is 44.7 Å². The zero-order valence-electron chi connectivity index (χ0n) is 13.2. The van der Waals surface area contributed by atoms with E-state index in [-0.39, 0.29) is 0 Å². The first-order chi connectivity index (χ1) is 10.2. The van der Waals surface area contributed by atoms with E-state index >= 15 is 0 Å². The van der Waals surface area contributed by atoms with Crippen molar-refractivity contribution in [1.29, 1.82) is 0 Å². The molecule has 3 nitrogen and oxygen atoms in total. The highest BCUT2D eigenvalue weighted by Crippen LogP contribution is 2.25. The van der Waals surface area contributed by atoms with Crippen molar-refractivity contribution in [3.8, 4) is 17.6 Å². The van der Waals surface area contributed by atoms with Gasteiger partial charge in [0, 0.05) is 18.2 Å². The van der Waals surface area contributed by atoms with E-state index in [9.17, 15) is 0 Å². The fourth-order valence-corrected chi connectivity index (χ4v) is 3.02. The summed E-state index contributed by atoms with van der Waals surface area (Å²) in [6.45, 7) is 1.31. The van der Waals surface area contributed by atoms with Gasteiger partial charge in [-0.1, -0.05) is 31.1 Å². The molecule has 1 aromatic carbocycles. The number of nitrogens with zero attached hydrogens (tertiary/aromatic N) is 1. The van der Waals surface area contributed by atoms with Crippen LogP contribution in [0.3, 0.4) is 0 Å². The number of methoxy groups -OCH3 is 1. The molecule has 0 amide bonds. The Bertz CT molecular complexity index is 510. The molecule has 0 aromatic heterocycles. The van der Waals surface area contributed by atoms with E-state index in [2.05, 4.69) is 29.9 Å². The second-order valence-electron chi connectivity index (χ2n) is 5.74. The summed E-state index contributed by atoms with van der Waals surface area (Å²) < 4.78 is 5.35. The van der Waals surface area contributed by atoms with Crippen LogP contribution >= 0.6 is 0 Å². The van der Waals surface area contributed by atoms with Gasteiger partial charge in [0.25, 0.3) is 0 Å². The van der Waals surface area contributed by atoms with E-state index in [4.69, 9.17) is 10.5 Å². The topological polar surface area (TPSA) is 38.5 Å². The van der Waals surface area contributed by atoms with Crippen molar-refractivity contribution in [3.63, 3.8) is 0 Å². The molecule has 1 aliphatic rings. The molecule has 1 saturated carbocycles. The number of ether oxygens (including phenoxy) is 1. The van der Waals surface area contributed by atoms with Gasteiger partial charge in [0.05, 0.1) is 13.7 Å². The number of hydrogen-bond acceptors (Lipinski definition) is 3. The van der Waals surface area contributed by atoms with Crippen LogP contribution in [-0.4, -0.2) is 31.6 Å². The fraction of sp³-hybridized carbons (Fsp3) is 0.556. The lowest BCUT2D eigenvalue weighted by Gasteiger charge is -2.31. The Balaban J connectivity index is 2.15. The third kappa shape index (κ3) is 4.49. The molecular weight excluding hydrogens is 260 g/mol. The van der Waals surface area contributed by atoms with E-state index < -0.39 is 0 Å². The first-order valence-corrected chi connectivity index (χ1v) is 7.80. The molecule has 114 valence electrons. The molecule has 1 aromatic rings. The molecule has 0 spiro atoms. The van der Waals surface area contributed by atoms with Crippen LogP contribution in [-0.2, 0) is 6.54 Å². The van der Waals surface area contributed by atoms with Gasteiger partial charge in [-0.2, -0.15) is 0 Å². The summed E-state index contributed by atoms with van der Waals surface area (Å²) in [5, 5.41) is 0. The van der Waals surface area contributed by atoms with Crippen LogP contribution in [0.1, 0.15) is 43.2 Å². The summed E-state index contributed by atoms with van der Waals surface area (Å²) in [6.07, 6.45) is 6.71. The van der Waals surface area contributed by atoms with Crippen LogP contribution < -0.4 is 10.5 Å². The maximum absolute atomic E-state index is 5.49. The number of nitrogens with two attached hydrogens (primary N) is 1. The van der Waals surface area contributed by atoms with Crippen molar-refractivity contribution in [1.82, 2.24) is 4.90 Å². The summed E-state index contributed by atoms with van der Waals surface area (Å²) >= 11 is 0. The van der Waals surface area contributed by atoms with Gasteiger partial charge >= 0.3 is 0 Å². The Labute approximate surface area is 128 Å². The van der Waals surface area contributed by atoms with Crippen LogP contribution in [0.2, 0.25) is 0 Å². The van der Waals surface area contributed by atoms with Gasteiger partial charge in [0.1, 0.15) is 5.75 Å². The molecule has 2 rings (SSSR count). The Morgan fingerprint density at radius 2 is 2.05 bits per heavy atom.